The monoisotopic (exact) mass is 659 g/mol. The molecule has 45 heavy (non-hydrogen) atoms. The van der Waals surface area contributed by atoms with Gasteiger partial charge in [0.25, 0.3) is 0 Å². The molecule has 1 aromatic heterocycles. The Hall–Kier alpha value is -3.19. The lowest BCUT2D eigenvalue weighted by atomic mass is 10.1. The van der Waals surface area contributed by atoms with Gasteiger partial charge in [0, 0.05) is 31.4 Å². The number of nitrogens with zero attached hydrogens (tertiary/aromatic N) is 3. The first-order valence-corrected chi connectivity index (χ1v) is 19.8. The molecule has 3 aromatic rings. The molecule has 0 bridgehead atoms. The van der Waals surface area contributed by atoms with Gasteiger partial charge >= 0.3 is 0 Å². The van der Waals surface area contributed by atoms with Crippen LogP contribution in [0.5, 0.6) is 17.2 Å². The van der Waals surface area contributed by atoms with E-state index in [4.69, 9.17) is 18.6 Å². The standard InChI is InChI=1S/C33H46FN3O6SSi/c1-33(2,3)45(7,8)43-23-29-28(37(44(6,38)39)21-24-9-13-26(40-4)14-10-24)18-20-36(29)32-31(34)30(17-19-35-32)42-22-25-11-15-27(41-5)16-12-25/h9-17,19,28-29H,18,20-23H2,1-8H3/t28-,29-/m0/s1. The molecule has 0 spiro atoms. The second kappa shape index (κ2) is 14.1. The van der Waals surface area contributed by atoms with Crippen molar-refractivity contribution in [2.45, 2.75) is 70.6 Å². The summed E-state index contributed by atoms with van der Waals surface area (Å²) < 4.78 is 67.3. The van der Waals surface area contributed by atoms with E-state index in [0.29, 0.717) is 18.7 Å². The van der Waals surface area contributed by atoms with Crippen LogP contribution in [0.1, 0.15) is 38.3 Å². The average molecular weight is 660 g/mol. The quantitative estimate of drug-likeness (QED) is 0.199. The molecule has 0 saturated carbocycles. The minimum absolute atomic E-state index is 0.0652. The molecule has 2 aromatic carbocycles. The first-order valence-electron chi connectivity index (χ1n) is 15.0. The van der Waals surface area contributed by atoms with Crippen LogP contribution >= 0.6 is 0 Å². The summed E-state index contributed by atoms with van der Waals surface area (Å²) in [6, 6.07) is 15.3. The summed E-state index contributed by atoms with van der Waals surface area (Å²) in [6.07, 6.45) is 3.22. The zero-order chi connectivity index (χ0) is 33.0. The van der Waals surface area contributed by atoms with E-state index in [1.165, 1.54) is 22.8 Å². The molecule has 1 fully saturated rings. The molecule has 0 radical (unpaired) electrons. The Balaban J connectivity index is 1.65. The molecule has 4 rings (SSSR count). The van der Waals surface area contributed by atoms with Gasteiger partial charge in [-0.1, -0.05) is 45.0 Å². The zero-order valence-electron chi connectivity index (χ0n) is 27.5. The van der Waals surface area contributed by atoms with Crippen LogP contribution < -0.4 is 19.1 Å². The molecule has 246 valence electrons. The molecule has 1 aliphatic rings. The molecule has 0 aliphatic carbocycles. The third-order valence-electron chi connectivity index (χ3n) is 8.89. The maximum Gasteiger partial charge on any atom is 0.211 e. The molecular weight excluding hydrogens is 614 g/mol. The van der Waals surface area contributed by atoms with Gasteiger partial charge in [-0.2, -0.15) is 8.70 Å². The molecule has 9 nitrogen and oxygen atoms in total. The maximum atomic E-state index is 16.1. The van der Waals surface area contributed by atoms with Crippen molar-refractivity contribution in [1.29, 1.82) is 0 Å². The van der Waals surface area contributed by atoms with Crippen molar-refractivity contribution in [3.05, 3.63) is 77.7 Å². The van der Waals surface area contributed by atoms with Gasteiger partial charge in [0.2, 0.25) is 15.8 Å². The Kier molecular flexibility index (Phi) is 10.8. The summed E-state index contributed by atoms with van der Waals surface area (Å²) in [7, 11) is -2.71. The fourth-order valence-electron chi connectivity index (χ4n) is 5.15. The Bertz CT molecular complexity index is 1530. The smallest absolute Gasteiger partial charge is 0.211 e. The van der Waals surface area contributed by atoms with E-state index in [0.717, 1.165) is 16.9 Å². The van der Waals surface area contributed by atoms with Gasteiger partial charge in [0.05, 0.1) is 33.1 Å². The van der Waals surface area contributed by atoms with E-state index in [9.17, 15) is 8.42 Å². The van der Waals surface area contributed by atoms with Crippen LogP contribution in [-0.2, 0) is 27.6 Å². The molecular formula is C33H46FN3O6SSi. The zero-order valence-corrected chi connectivity index (χ0v) is 29.4. The predicted octanol–water partition coefficient (Wildman–Crippen LogP) is 6.25. The highest BCUT2D eigenvalue weighted by Gasteiger charge is 2.45. The second-order valence-corrected chi connectivity index (χ2v) is 19.7. The largest absolute Gasteiger partial charge is 0.497 e. The number of hydrogen-bond acceptors (Lipinski definition) is 8. The van der Waals surface area contributed by atoms with E-state index in [1.807, 2.05) is 53.4 Å². The number of methoxy groups -OCH3 is 2. The van der Waals surface area contributed by atoms with Gasteiger partial charge in [-0.3, -0.25) is 0 Å². The number of ether oxygens (including phenoxy) is 3. The van der Waals surface area contributed by atoms with E-state index in [1.54, 1.807) is 14.2 Å². The van der Waals surface area contributed by atoms with Crippen LogP contribution in [0.3, 0.4) is 0 Å². The normalized spacial score (nSPS) is 17.5. The van der Waals surface area contributed by atoms with Crippen molar-refractivity contribution in [3.63, 3.8) is 0 Å². The first kappa shape index (κ1) is 34.7. The van der Waals surface area contributed by atoms with Crippen molar-refractivity contribution in [2.24, 2.45) is 0 Å². The number of sulfonamides is 1. The minimum atomic E-state index is -3.66. The fourth-order valence-corrected chi connectivity index (χ4v) is 7.29. The summed E-state index contributed by atoms with van der Waals surface area (Å²) in [6.45, 7) is 11.7. The predicted molar refractivity (Wildman–Crippen MR) is 178 cm³/mol. The average Bonchev–Trinajstić information content (AvgIpc) is 3.40. The number of halogens is 1. The van der Waals surface area contributed by atoms with Crippen LogP contribution in [0.25, 0.3) is 0 Å². The third kappa shape index (κ3) is 8.35. The van der Waals surface area contributed by atoms with Crippen molar-refractivity contribution < 1.29 is 31.4 Å². The molecule has 2 heterocycles. The first-order chi connectivity index (χ1) is 21.1. The molecule has 0 N–H and O–H groups in total. The van der Waals surface area contributed by atoms with Gasteiger partial charge in [-0.25, -0.2) is 13.4 Å². The Morgan fingerprint density at radius 3 is 2.09 bits per heavy atom. The van der Waals surface area contributed by atoms with Crippen LogP contribution in [0.4, 0.5) is 10.2 Å². The van der Waals surface area contributed by atoms with Gasteiger partial charge < -0.3 is 23.5 Å². The van der Waals surface area contributed by atoms with Crippen LogP contribution in [-0.4, -0.2) is 71.7 Å². The number of aromatic nitrogens is 1. The Morgan fingerprint density at radius 2 is 1.56 bits per heavy atom. The number of anilines is 1. The van der Waals surface area contributed by atoms with Crippen LogP contribution in [0.2, 0.25) is 18.1 Å². The highest BCUT2D eigenvalue weighted by molar-refractivity contribution is 7.88. The summed E-state index contributed by atoms with van der Waals surface area (Å²) in [5.41, 5.74) is 1.68. The highest BCUT2D eigenvalue weighted by Crippen LogP contribution is 2.39. The van der Waals surface area contributed by atoms with E-state index in [-0.39, 0.29) is 36.4 Å². The second-order valence-electron chi connectivity index (χ2n) is 12.9. The highest BCUT2D eigenvalue weighted by atomic mass is 32.2. The van der Waals surface area contributed by atoms with Crippen LogP contribution in [0, 0.1) is 5.82 Å². The van der Waals surface area contributed by atoms with E-state index >= 15 is 4.39 Å². The van der Waals surface area contributed by atoms with Gasteiger partial charge in [-0.15, -0.1) is 0 Å². The summed E-state index contributed by atoms with van der Waals surface area (Å²) >= 11 is 0. The molecule has 12 heteroatoms. The minimum Gasteiger partial charge on any atom is -0.497 e. The lowest BCUT2D eigenvalue weighted by Crippen LogP contribution is -2.52. The SMILES string of the molecule is COc1ccc(COc2ccnc(N3CC[C@H](N(Cc4ccc(OC)cc4)S(C)(=O)=O)[C@@H]3CO[Si](C)(C)C(C)(C)C)c2F)cc1. The van der Waals surface area contributed by atoms with Crippen molar-refractivity contribution in [1.82, 2.24) is 9.29 Å². The van der Waals surface area contributed by atoms with Gasteiger partial charge in [0.1, 0.15) is 18.1 Å². The summed E-state index contributed by atoms with van der Waals surface area (Å²) in [5.74, 6) is 1.01. The molecule has 2 atom stereocenters. The number of rotatable bonds is 13. The van der Waals surface area contributed by atoms with Crippen molar-refractivity contribution in [2.75, 3.05) is 38.5 Å². The third-order valence-corrected chi connectivity index (χ3v) is 14.6. The molecule has 1 saturated heterocycles. The Morgan fingerprint density at radius 1 is 0.978 bits per heavy atom. The maximum absolute atomic E-state index is 16.1. The van der Waals surface area contributed by atoms with Gasteiger partial charge in [-0.05, 0) is 59.9 Å². The van der Waals surface area contributed by atoms with E-state index < -0.39 is 36.2 Å². The fraction of sp³-hybridized carbons (Fsp3) is 0.485. The lowest BCUT2D eigenvalue weighted by Gasteiger charge is -2.40. The van der Waals surface area contributed by atoms with Crippen molar-refractivity contribution >= 4 is 24.2 Å². The summed E-state index contributed by atoms with van der Waals surface area (Å²) in [5, 5.41) is -0.0652. The number of pyridine rings is 1. The number of hydrogen-bond donors (Lipinski definition) is 0. The number of benzene rings is 2. The Labute approximate surface area is 268 Å². The molecule has 0 amide bonds. The molecule has 0 unspecified atom stereocenters. The topological polar surface area (TPSA) is 90.4 Å². The van der Waals surface area contributed by atoms with Crippen LogP contribution in [0.15, 0.2) is 60.8 Å². The van der Waals surface area contributed by atoms with E-state index in [2.05, 4.69) is 38.8 Å². The summed E-state index contributed by atoms with van der Waals surface area (Å²) in [4.78, 5) is 6.28. The lowest BCUT2D eigenvalue weighted by molar-refractivity contribution is 0.209. The van der Waals surface area contributed by atoms with Crippen molar-refractivity contribution in [3.8, 4) is 17.2 Å². The van der Waals surface area contributed by atoms with Gasteiger partial charge in [0.15, 0.2) is 19.9 Å². The molecule has 1 aliphatic heterocycles.